The molecule has 32 heavy (non-hydrogen) atoms. The minimum Gasteiger partial charge on any atom is -0.267 e. The van der Waals surface area contributed by atoms with E-state index in [-0.39, 0.29) is 29.5 Å². The van der Waals surface area contributed by atoms with Gasteiger partial charge in [-0.2, -0.15) is 5.10 Å². The maximum Gasteiger partial charge on any atom is 0.276 e. The number of carbonyl (C=O) groups excluding carboxylic acids is 1. The molecule has 0 bridgehead atoms. The summed E-state index contributed by atoms with van der Waals surface area (Å²) in [6.45, 7) is 0. The normalized spacial score (nSPS) is 21.4. The van der Waals surface area contributed by atoms with Gasteiger partial charge in [0.1, 0.15) is 11.6 Å². The first kappa shape index (κ1) is 20.2. The van der Waals surface area contributed by atoms with E-state index in [1.807, 2.05) is 6.08 Å². The molecule has 6 heteroatoms. The van der Waals surface area contributed by atoms with Crippen LogP contribution in [-0.4, -0.2) is 21.6 Å². The number of hydrogen-bond donors (Lipinski definition) is 0. The first-order chi connectivity index (χ1) is 15.6. The average molecular weight is 429 g/mol. The molecule has 1 aliphatic heterocycles. The van der Waals surface area contributed by atoms with Crippen molar-refractivity contribution in [1.82, 2.24) is 9.99 Å². The molecule has 5 rings (SSSR count). The molecular formula is C26H21F2N3O. The molecule has 1 amide bonds. The highest BCUT2D eigenvalue weighted by molar-refractivity contribution is 6.09. The smallest absolute Gasteiger partial charge is 0.267 e. The maximum atomic E-state index is 13.6. The zero-order chi connectivity index (χ0) is 22.1. The monoisotopic (exact) mass is 429 g/mol. The summed E-state index contributed by atoms with van der Waals surface area (Å²) in [4.78, 5) is 17.5. The fraction of sp³-hybridized carbons (Fsp3) is 0.192. The highest BCUT2D eigenvalue weighted by Crippen LogP contribution is 2.44. The molecule has 160 valence electrons. The second-order valence-electron chi connectivity index (χ2n) is 8.09. The SMILES string of the molecule is O=C(c1cccnc1)N1N=C2/C(=C\c3ccc(F)cc3)CCCC2C1c1ccc(F)cc1. The van der Waals surface area contributed by atoms with E-state index < -0.39 is 0 Å². The summed E-state index contributed by atoms with van der Waals surface area (Å²) in [5.74, 6) is -0.841. The van der Waals surface area contributed by atoms with Gasteiger partial charge in [0.15, 0.2) is 0 Å². The van der Waals surface area contributed by atoms with E-state index in [9.17, 15) is 13.6 Å². The van der Waals surface area contributed by atoms with Crippen molar-refractivity contribution in [3.63, 3.8) is 0 Å². The van der Waals surface area contributed by atoms with Crippen molar-refractivity contribution < 1.29 is 13.6 Å². The minimum atomic E-state index is -0.324. The Morgan fingerprint density at radius 1 is 1.00 bits per heavy atom. The number of fused-ring (bicyclic) bond motifs is 1. The van der Waals surface area contributed by atoms with Crippen LogP contribution in [0.2, 0.25) is 0 Å². The molecule has 1 fully saturated rings. The van der Waals surface area contributed by atoms with E-state index in [0.717, 1.165) is 41.7 Å². The summed E-state index contributed by atoms with van der Waals surface area (Å²) in [5, 5.41) is 6.32. The average Bonchev–Trinajstić information content (AvgIpc) is 3.22. The molecule has 2 unspecified atom stereocenters. The fourth-order valence-electron chi connectivity index (χ4n) is 4.54. The third-order valence-corrected chi connectivity index (χ3v) is 6.04. The standard InChI is InChI=1S/C26H21F2N3O/c27-21-10-6-17(7-11-21)15-19-3-1-5-23-24(19)30-31(26(32)20-4-2-14-29-16-20)25(23)18-8-12-22(28)13-9-18/h2,4,6-16,23,25H,1,3,5H2/b19-15-. The molecule has 1 aromatic heterocycles. The first-order valence-electron chi connectivity index (χ1n) is 10.6. The Bertz CT molecular complexity index is 1190. The molecule has 4 nitrogen and oxygen atoms in total. The lowest BCUT2D eigenvalue weighted by molar-refractivity contribution is 0.0680. The van der Waals surface area contributed by atoms with Gasteiger partial charge < -0.3 is 0 Å². The number of halogens is 2. The molecular weight excluding hydrogens is 408 g/mol. The number of pyridine rings is 1. The van der Waals surface area contributed by atoms with Crippen molar-refractivity contribution in [2.75, 3.05) is 0 Å². The van der Waals surface area contributed by atoms with Crippen LogP contribution in [0.1, 0.15) is 46.8 Å². The molecule has 0 spiro atoms. The Morgan fingerprint density at radius 3 is 2.41 bits per heavy atom. The predicted molar refractivity (Wildman–Crippen MR) is 119 cm³/mol. The molecule has 0 N–H and O–H groups in total. The van der Waals surface area contributed by atoms with Crippen LogP contribution >= 0.6 is 0 Å². The van der Waals surface area contributed by atoms with Gasteiger partial charge in [-0.3, -0.25) is 9.78 Å². The van der Waals surface area contributed by atoms with Gasteiger partial charge in [0.05, 0.1) is 17.3 Å². The van der Waals surface area contributed by atoms with Crippen molar-refractivity contribution in [1.29, 1.82) is 0 Å². The van der Waals surface area contributed by atoms with Crippen LogP contribution in [-0.2, 0) is 0 Å². The molecule has 0 radical (unpaired) electrons. The molecule has 2 aliphatic rings. The van der Waals surface area contributed by atoms with E-state index in [4.69, 9.17) is 5.10 Å². The van der Waals surface area contributed by atoms with E-state index in [0.29, 0.717) is 5.56 Å². The number of amides is 1. The van der Waals surface area contributed by atoms with Crippen molar-refractivity contribution in [3.8, 4) is 0 Å². The number of aromatic nitrogens is 1. The quantitative estimate of drug-likeness (QED) is 0.529. The second-order valence-corrected chi connectivity index (χ2v) is 8.09. The number of carbonyl (C=O) groups is 1. The maximum absolute atomic E-state index is 13.6. The van der Waals surface area contributed by atoms with Gasteiger partial charge in [0.2, 0.25) is 0 Å². The Labute approximate surface area is 184 Å². The Balaban J connectivity index is 1.57. The number of nitrogens with zero attached hydrogens (tertiary/aromatic N) is 3. The summed E-state index contributed by atoms with van der Waals surface area (Å²) < 4.78 is 26.9. The predicted octanol–water partition coefficient (Wildman–Crippen LogP) is 5.80. The molecule has 2 heterocycles. The van der Waals surface area contributed by atoms with Gasteiger partial charge >= 0.3 is 0 Å². The van der Waals surface area contributed by atoms with E-state index in [1.54, 1.807) is 42.6 Å². The van der Waals surface area contributed by atoms with Crippen LogP contribution < -0.4 is 0 Å². The van der Waals surface area contributed by atoms with Crippen molar-refractivity contribution in [2.45, 2.75) is 25.3 Å². The second kappa shape index (κ2) is 8.46. The molecule has 2 atom stereocenters. The topological polar surface area (TPSA) is 45.6 Å². The minimum absolute atomic E-state index is 0.00142. The summed E-state index contributed by atoms with van der Waals surface area (Å²) in [5.41, 5.74) is 4.09. The zero-order valence-electron chi connectivity index (χ0n) is 17.3. The van der Waals surface area contributed by atoms with Gasteiger partial charge in [-0.05, 0) is 78.4 Å². The van der Waals surface area contributed by atoms with Crippen LogP contribution in [0.5, 0.6) is 0 Å². The first-order valence-corrected chi connectivity index (χ1v) is 10.6. The molecule has 1 saturated carbocycles. The Kier molecular flexibility index (Phi) is 5.35. The van der Waals surface area contributed by atoms with Crippen molar-refractivity contribution in [2.24, 2.45) is 11.0 Å². The number of hydrogen-bond acceptors (Lipinski definition) is 3. The van der Waals surface area contributed by atoms with Gasteiger partial charge in [-0.1, -0.05) is 24.3 Å². The highest BCUT2D eigenvalue weighted by atomic mass is 19.1. The third kappa shape index (κ3) is 3.84. The molecule has 3 aromatic rings. The molecule has 0 saturated heterocycles. The number of hydrazone groups is 1. The fourth-order valence-corrected chi connectivity index (χ4v) is 4.54. The third-order valence-electron chi connectivity index (χ3n) is 6.04. The lowest BCUT2D eigenvalue weighted by atomic mass is 9.77. The lowest BCUT2D eigenvalue weighted by Gasteiger charge is -2.29. The Morgan fingerprint density at radius 2 is 1.72 bits per heavy atom. The number of benzene rings is 2. The van der Waals surface area contributed by atoms with Crippen LogP contribution in [0.3, 0.4) is 0 Å². The molecule has 1 aliphatic carbocycles. The van der Waals surface area contributed by atoms with Crippen LogP contribution in [0.4, 0.5) is 8.78 Å². The van der Waals surface area contributed by atoms with Crippen molar-refractivity contribution in [3.05, 3.63) is 107 Å². The van der Waals surface area contributed by atoms with Gasteiger partial charge in [-0.25, -0.2) is 13.8 Å². The lowest BCUT2D eigenvalue weighted by Crippen LogP contribution is -2.32. The van der Waals surface area contributed by atoms with Gasteiger partial charge in [0, 0.05) is 18.3 Å². The molecule has 2 aromatic carbocycles. The Hall–Kier alpha value is -3.67. The summed E-state index contributed by atoms with van der Waals surface area (Å²) in [7, 11) is 0. The highest BCUT2D eigenvalue weighted by Gasteiger charge is 2.44. The van der Waals surface area contributed by atoms with E-state index >= 15 is 0 Å². The largest absolute Gasteiger partial charge is 0.276 e. The van der Waals surface area contributed by atoms with E-state index in [1.165, 1.54) is 35.5 Å². The van der Waals surface area contributed by atoms with Crippen LogP contribution in [0, 0.1) is 17.6 Å². The number of allylic oxidation sites excluding steroid dienone is 1. The van der Waals surface area contributed by atoms with Crippen LogP contribution in [0.15, 0.2) is 83.7 Å². The summed E-state index contributed by atoms with van der Waals surface area (Å²) in [6, 6.07) is 15.7. The zero-order valence-corrected chi connectivity index (χ0v) is 17.3. The number of rotatable bonds is 3. The van der Waals surface area contributed by atoms with Crippen molar-refractivity contribution >= 4 is 17.7 Å². The van der Waals surface area contributed by atoms with Gasteiger partial charge in [-0.15, -0.1) is 0 Å². The van der Waals surface area contributed by atoms with E-state index in [2.05, 4.69) is 4.98 Å². The summed E-state index contributed by atoms with van der Waals surface area (Å²) >= 11 is 0. The van der Waals surface area contributed by atoms with Gasteiger partial charge in [0.25, 0.3) is 5.91 Å². The van der Waals surface area contributed by atoms with Crippen LogP contribution in [0.25, 0.3) is 6.08 Å². The summed E-state index contributed by atoms with van der Waals surface area (Å²) in [6.07, 6.45) is 7.82.